The van der Waals surface area contributed by atoms with E-state index in [9.17, 15) is 19.2 Å². The van der Waals surface area contributed by atoms with E-state index < -0.39 is 30.3 Å². The lowest BCUT2D eigenvalue weighted by Crippen LogP contribution is -2.52. The van der Waals surface area contributed by atoms with Gasteiger partial charge in [-0.05, 0) is 91.0 Å². The highest BCUT2D eigenvalue weighted by Gasteiger charge is 2.36. The lowest BCUT2D eigenvalue weighted by molar-refractivity contribution is -0.137. The van der Waals surface area contributed by atoms with Crippen molar-refractivity contribution in [2.24, 2.45) is 11.8 Å². The maximum Gasteiger partial charge on any atom is 0.407 e. The summed E-state index contributed by atoms with van der Waals surface area (Å²) in [5.41, 5.74) is 9.48. The Hall–Kier alpha value is -6.68. The van der Waals surface area contributed by atoms with Gasteiger partial charge in [-0.25, -0.2) is 19.6 Å². The Morgan fingerprint density at radius 3 is 2.21 bits per heavy atom. The van der Waals surface area contributed by atoms with Crippen molar-refractivity contribution in [3.05, 3.63) is 101 Å². The second-order valence-corrected chi connectivity index (χ2v) is 17.6. The van der Waals surface area contributed by atoms with Crippen LogP contribution >= 0.6 is 0 Å². The van der Waals surface area contributed by atoms with Crippen LogP contribution in [-0.4, -0.2) is 101 Å². The van der Waals surface area contributed by atoms with Gasteiger partial charge < -0.3 is 49.3 Å². The van der Waals surface area contributed by atoms with Gasteiger partial charge in [-0.1, -0.05) is 70.2 Å². The normalized spacial score (nSPS) is 14.8. The summed E-state index contributed by atoms with van der Waals surface area (Å²) in [5.74, 6) is 1.40. The molecule has 0 spiro atoms. The van der Waals surface area contributed by atoms with Gasteiger partial charge in [0.15, 0.2) is 0 Å². The molecule has 4 N–H and O–H groups in total. The maximum absolute atomic E-state index is 14.5. The molecule has 0 saturated carbocycles. The Morgan fingerprint density at radius 2 is 1.52 bits per heavy atom. The minimum absolute atomic E-state index is 0.00909. The van der Waals surface area contributed by atoms with Crippen molar-refractivity contribution in [3.63, 3.8) is 0 Å². The molecule has 5 aromatic rings. The van der Waals surface area contributed by atoms with Crippen LogP contribution in [-0.2, 0) is 43.2 Å². The number of ether oxygens (including phenoxy) is 4. The van der Waals surface area contributed by atoms with E-state index >= 15 is 0 Å². The molecular weight excluding hydrogens is 841 g/mol. The molecular formula is C50H62N8O8. The quantitative estimate of drug-likeness (QED) is 0.0709. The van der Waals surface area contributed by atoms with Gasteiger partial charge in [0, 0.05) is 37.0 Å². The van der Waals surface area contributed by atoms with E-state index in [1.165, 1.54) is 14.2 Å². The number of benzene rings is 3. The molecule has 3 aromatic carbocycles. The van der Waals surface area contributed by atoms with Crippen LogP contribution in [0, 0.1) is 11.8 Å². The number of methoxy groups -OCH3 is 3. The van der Waals surface area contributed by atoms with E-state index in [1.54, 1.807) is 23.1 Å². The Bertz CT molecular complexity index is 2540. The number of imidazole rings is 2. The van der Waals surface area contributed by atoms with Crippen molar-refractivity contribution in [2.45, 2.75) is 91.6 Å². The van der Waals surface area contributed by atoms with Gasteiger partial charge in [0.25, 0.3) is 5.91 Å². The van der Waals surface area contributed by atoms with Crippen molar-refractivity contribution in [1.29, 1.82) is 0 Å². The SMILES string of the molecule is CCCN(C(=O)C(NC(=O)OC)C(C)C)C(C)c1ncc(-c2ccc3c(c2)COc2cc4c(cc2-3)CCc2[nH]c(C(C)N(CC(C)COC)C(=O)C(NC(=O)OC)c3ccccc3)nc2-4)[nH]1. The van der Waals surface area contributed by atoms with Gasteiger partial charge in [0.2, 0.25) is 5.91 Å². The number of fused-ring (bicyclic) bond motifs is 6. The molecule has 0 saturated heterocycles. The number of rotatable bonds is 17. The van der Waals surface area contributed by atoms with Crippen molar-refractivity contribution in [3.8, 4) is 39.4 Å². The molecule has 5 atom stereocenters. The molecule has 16 nitrogen and oxygen atoms in total. The zero-order valence-corrected chi connectivity index (χ0v) is 39.3. The topological polar surface area (TPSA) is 193 Å². The number of carbonyl (C=O) groups excluding carboxylic acids is 4. The molecule has 0 radical (unpaired) electrons. The first-order chi connectivity index (χ1) is 31.8. The van der Waals surface area contributed by atoms with Crippen LogP contribution < -0.4 is 15.4 Å². The monoisotopic (exact) mass is 902 g/mol. The van der Waals surface area contributed by atoms with Crippen LogP contribution in [0.2, 0.25) is 0 Å². The molecule has 3 heterocycles. The maximum atomic E-state index is 14.5. The van der Waals surface area contributed by atoms with Gasteiger partial charge in [-0.15, -0.1) is 0 Å². The second kappa shape index (κ2) is 20.7. The van der Waals surface area contributed by atoms with Crippen LogP contribution in [0.1, 0.15) is 100 Å². The predicted molar refractivity (Wildman–Crippen MR) is 249 cm³/mol. The smallest absolute Gasteiger partial charge is 0.407 e. The van der Waals surface area contributed by atoms with E-state index in [1.807, 2.05) is 71.9 Å². The number of nitrogens with zero attached hydrogens (tertiary/aromatic N) is 4. The molecule has 2 aromatic heterocycles. The fourth-order valence-electron chi connectivity index (χ4n) is 8.96. The van der Waals surface area contributed by atoms with Crippen LogP contribution in [0.4, 0.5) is 9.59 Å². The standard InChI is InChI=1S/C50H62N8O8/c1-10-20-57(47(59)42(28(2)3)55-49(61)64-8)30(5)45-51-24-40(53-45)34-16-18-36-35(21-34)27-66-41-23-37-33(22-38(36)41)17-19-39-44(37)54-46(52-39)31(6)58(25-29(4)26-63-7)48(60)43(56-50(62)65-9)32-14-12-11-13-15-32/h11-16,18,21-24,28-31,42-43H,10,17,19-20,25-27H2,1-9H3,(H,51,53)(H,52,54)(H,55,61)(H,56,62). The summed E-state index contributed by atoms with van der Waals surface area (Å²) in [6.45, 7) is 13.4. The molecule has 2 aliphatic rings. The first-order valence-electron chi connectivity index (χ1n) is 22.7. The number of aromatic amines is 2. The van der Waals surface area contributed by atoms with E-state index in [-0.39, 0.29) is 29.7 Å². The number of H-pyrrole nitrogens is 2. The Kier molecular flexibility index (Phi) is 14.8. The van der Waals surface area contributed by atoms with Crippen molar-refractivity contribution in [1.82, 2.24) is 40.4 Å². The highest BCUT2D eigenvalue weighted by Crippen LogP contribution is 2.45. The number of hydrogen-bond donors (Lipinski definition) is 4. The second-order valence-electron chi connectivity index (χ2n) is 17.6. The van der Waals surface area contributed by atoms with Crippen molar-refractivity contribution < 1.29 is 38.1 Å². The minimum Gasteiger partial charge on any atom is -0.488 e. The summed E-state index contributed by atoms with van der Waals surface area (Å²) in [7, 11) is 4.20. The molecule has 0 bridgehead atoms. The summed E-state index contributed by atoms with van der Waals surface area (Å²) in [6.07, 6.45) is 2.69. The van der Waals surface area contributed by atoms with Crippen LogP contribution in [0.3, 0.4) is 0 Å². The summed E-state index contributed by atoms with van der Waals surface area (Å²) in [5, 5.41) is 5.46. The average Bonchev–Trinajstić information content (AvgIpc) is 4.01. The lowest BCUT2D eigenvalue weighted by atomic mass is 9.86. The largest absolute Gasteiger partial charge is 0.488 e. The van der Waals surface area contributed by atoms with E-state index in [4.69, 9.17) is 28.9 Å². The zero-order chi connectivity index (χ0) is 47.2. The highest BCUT2D eigenvalue weighted by molar-refractivity contribution is 5.88. The van der Waals surface area contributed by atoms with Crippen molar-refractivity contribution in [2.75, 3.05) is 41.0 Å². The summed E-state index contributed by atoms with van der Waals surface area (Å²) in [6, 6.07) is 17.2. The number of hydrogen-bond acceptors (Lipinski definition) is 10. The fourth-order valence-corrected chi connectivity index (χ4v) is 8.96. The summed E-state index contributed by atoms with van der Waals surface area (Å²) in [4.78, 5) is 73.4. The third kappa shape index (κ3) is 9.93. The van der Waals surface area contributed by atoms with Crippen LogP contribution in [0.25, 0.3) is 33.6 Å². The first kappa shape index (κ1) is 47.3. The number of nitrogens with one attached hydrogen (secondary N) is 4. The molecule has 16 heteroatoms. The van der Waals surface area contributed by atoms with Gasteiger partial charge >= 0.3 is 12.2 Å². The molecule has 66 heavy (non-hydrogen) atoms. The molecule has 7 rings (SSSR count). The number of carbonyl (C=O) groups is 4. The lowest BCUT2D eigenvalue weighted by Gasteiger charge is -2.33. The van der Waals surface area contributed by atoms with E-state index in [0.717, 1.165) is 75.5 Å². The molecule has 350 valence electrons. The van der Waals surface area contributed by atoms with Crippen molar-refractivity contribution >= 4 is 24.0 Å². The fraction of sp³-hybridized carbons (Fsp3) is 0.440. The number of aryl methyl sites for hydroxylation is 2. The number of aromatic nitrogens is 4. The van der Waals surface area contributed by atoms with Crippen LogP contribution in [0.15, 0.2) is 66.9 Å². The third-order valence-electron chi connectivity index (χ3n) is 12.5. The van der Waals surface area contributed by atoms with E-state index in [0.29, 0.717) is 43.5 Å². The predicted octanol–water partition coefficient (Wildman–Crippen LogP) is 8.07. The molecule has 1 aliphatic carbocycles. The highest BCUT2D eigenvalue weighted by atomic mass is 16.5. The first-order valence-corrected chi connectivity index (χ1v) is 22.7. The number of amides is 4. The van der Waals surface area contributed by atoms with E-state index in [2.05, 4.69) is 50.9 Å². The molecule has 0 fully saturated rings. The third-order valence-corrected chi connectivity index (χ3v) is 12.5. The molecule has 4 amide bonds. The molecule has 5 unspecified atom stereocenters. The Labute approximate surface area is 386 Å². The van der Waals surface area contributed by atoms with Gasteiger partial charge in [-0.3, -0.25) is 9.59 Å². The van der Waals surface area contributed by atoms with Gasteiger partial charge in [0.1, 0.15) is 36.1 Å². The van der Waals surface area contributed by atoms with Crippen LogP contribution in [0.5, 0.6) is 5.75 Å². The van der Waals surface area contributed by atoms with Gasteiger partial charge in [0.05, 0.1) is 50.5 Å². The number of alkyl carbamates (subject to hydrolysis) is 2. The minimum atomic E-state index is -0.981. The summed E-state index contributed by atoms with van der Waals surface area (Å²) < 4.78 is 21.6. The molecule has 1 aliphatic heterocycles. The summed E-state index contributed by atoms with van der Waals surface area (Å²) >= 11 is 0. The Morgan fingerprint density at radius 1 is 0.788 bits per heavy atom. The van der Waals surface area contributed by atoms with Gasteiger partial charge in [-0.2, -0.15) is 0 Å². The zero-order valence-electron chi connectivity index (χ0n) is 39.3. The average molecular weight is 903 g/mol. The Balaban J connectivity index is 1.13.